The molecule has 3 rings (SSSR count). The fourth-order valence-corrected chi connectivity index (χ4v) is 1.95. The van der Waals surface area contributed by atoms with Gasteiger partial charge in [-0.05, 0) is 5.56 Å². The molecule has 19 heavy (non-hydrogen) atoms. The molecular weight excluding hydrogens is 264 g/mol. The van der Waals surface area contributed by atoms with Crippen LogP contribution in [0, 0.1) is 0 Å². The van der Waals surface area contributed by atoms with Crippen LogP contribution in [0.4, 0.5) is 5.82 Å². The van der Waals surface area contributed by atoms with Crippen molar-refractivity contribution in [3.05, 3.63) is 53.2 Å². The Bertz CT molecular complexity index is 711. The Morgan fingerprint density at radius 2 is 2.00 bits per heavy atom. The quantitative estimate of drug-likeness (QED) is 0.746. The van der Waals surface area contributed by atoms with Gasteiger partial charge in [-0.25, -0.2) is 4.98 Å². The Labute approximate surface area is 114 Å². The first kappa shape index (κ1) is 11.8. The fraction of sp³-hybridized carbons (Fsp3) is 0.0769. The minimum Gasteiger partial charge on any atom is -0.472 e. The molecule has 0 bridgehead atoms. The van der Waals surface area contributed by atoms with Gasteiger partial charge in [0.05, 0.1) is 0 Å². The van der Waals surface area contributed by atoms with Crippen LogP contribution >= 0.6 is 11.6 Å². The summed E-state index contributed by atoms with van der Waals surface area (Å²) >= 11 is 5.83. The Morgan fingerprint density at radius 1 is 1.21 bits per heavy atom. The number of fused-ring (bicyclic) bond motifs is 1. The van der Waals surface area contributed by atoms with E-state index in [1.54, 1.807) is 12.1 Å². The van der Waals surface area contributed by atoms with Crippen LogP contribution in [0.3, 0.4) is 0 Å². The molecule has 0 radical (unpaired) electrons. The first-order chi connectivity index (χ1) is 9.22. The summed E-state index contributed by atoms with van der Waals surface area (Å²) in [6.07, 6.45) is 0. The summed E-state index contributed by atoms with van der Waals surface area (Å²) < 4.78 is 7.09. The van der Waals surface area contributed by atoms with Gasteiger partial charge in [-0.1, -0.05) is 41.9 Å². The molecule has 2 N–H and O–H groups in total. The van der Waals surface area contributed by atoms with Crippen LogP contribution < -0.4 is 10.5 Å². The van der Waals surface area contributed by atoms with Gasteiger partial charge < -0.3 is 10.5 Å². The second-order valence-corrected chi connectivity index (χ2v) is 4.42. The van der Waals surface area contributed by atoms with Gasteiger partial charge in [0, 0.05) is 12.1 Å². The number of nitrogen functional groups attached to an aromatic ring is 1. The maximum Gasteiger partial charge on any atom is 0.235 e. The van der Waals surface area contributed by atoms with Crippen molar-refractivity contribution in [2.75, 3.05) is 5.73 Å². The third-order valence-corrected chi connectivity index (χ3v) is 2.82. The van der Waals surface area contributed by atoms with Crippen molar-refractivity contribution in [1.29, 1.82) is 0 Å². The average molecular weight is 275 g/mol. The van der Waals surface area contributed by atoms with Gasteiger partial charge >= 0.3 is 0 Å². The van der Waals surface area contributed by atoms with E-state index in [1.165, 1.54) is 4.52 Å². The second kappa shape index (κ2) is 4.78. The van der Waals surface area contributed by atoms with Crippen molar-refractivity contribution in [2.45, 2.75) is 6.61 Å². The van der Waals surface area contributed by atoms with Gasteiger partial charge in [0.25, 0.3) is 0 Å². The molecule has 0 saturated carbocycles. The highest BCUT2D eigenvalue weighted by Crippen LogP contribution is 2.18. The van der Waals surface area contributed by atoms with Crippen molar-refractivity contribution in [3.63, 3.8) is 0 Å². The van der Waals surface area contributed by atoms with E-state index in [2.05, 4.69) is 10.1 Å². The Balaban J connectivity index is 1.84. The van der Waals surface area contributed by atoms with E-state index in [9.17, 15) is 0 Å². The van der Waals surface area contributed by atoms with Crippen LogP contribution in [0.2, 0.25) is 5.15 Å². The third-order valence-electron chi connectivity index (χ3n) is 2.63. The smallest absolute Gasteiger partial charge is 0.235 e. The third kappa shape index (κ3) is 2.46. The predicted molar refractivity (Wildman–Crippen MR) is 73.2 cm³/mol. The monoisotopic (exact) mass is 274 g/mol. The summed E-state index contributed by atoms with van der Waals surface area (Å²) in [5.74, 6) is 0.884. The van der Waals surface area contributed by atoms with E-state index in [0.29, 0.717) is 29.1 Å². The Hall–Kier alpha value is -2.27. The van der Waals surface area contributed by atoms with E-state index in [0.717, 1.165) is 5.56 Å². The molecule has 2 heterocycles. The SMILES string of the molecule is Nc1cc(Cl)nc2cc(OCc3ccccc3)nn12. The average Bonchev–Trinajstić information content (AvgIpc) is 2.81. The second-order valence-electron chi connectivity index (χ2n) is 4.03. The van der Waals surface area contributed by atoms with Crippen molar-refractivity contribution < 1.29 is 4.74 Å². The molecule has 0 saturated heterocycles. The lowest BCUT2D eigenvalue weighted by atomic mass is 10.2. The van der Waals surface area contributed by atoms with Gasteiger partial charge in [0.2, 0.25) is 5.88 Å². The molecule has 0 aliphatic heterocycles. The van der Waals surface area contributed by atoms with E-state index >= 15 is 0 Å². The molecule has 96 valence electrons. The summed E-state index contributed by atoms with van der Waals surface area (Å²) in [4.78, 5) is 4.12. The summed E-state index contributed by atoms with van der Waals surface area (Å²) in [7, 11) is 0. The molecule has 0 unspecified atom stereocenters. The zero-order chi connectivity index (χ0) is 13.2. The van der Waals surface area contributed by atoms with E-state index < -0.39 is 0 Å². The fourth-order valence-electron chi connectivity index (χ4n) is 1.75. The minimum absolute atomic E-state index is 0.333. The molecule has 0 atom stereocenters. The Kier molecular flexibility index (Phi) is 2.97. The molecule has 1 aromatic carbocycles. The number of ether oxygens (including phenoxy) is 1. The van der Waals surface area contributed by atoms with Crippen LogP contribution in [-0.4, -0.2) is 14.6 Å². The first-order valence-corrected chi connectivity index (χ1v) is 6.09. The number of nitrogens with two attached hydrogens (primary N) is 1. The number of nitrogens with zero attached hydrogens (tertiary/aromatic N) is 3. The number of hydrogen-bond donors (Lipinski definition) is 1. The molecule has 0 aliphatic rings. The van der Waals surface area contributed by atoms with Gasteiger partial charge in [-0.2, -0.15) is 4.52 Å². The molecule has 0 amide bonds. The molecule has 5 nitrogen and oxygen atoms in total. The topological polar surface area (TPSA) is 65.4 Å². The molecule has 3 aromatic rings. The Morgan fingerprint density at radius 3 is 2.79 bits per heavy atom. The van der Waals surface area contributed by atoms with E-state index in [4.69, 9.17) is 22.1 Å². The highest BCUT2D eigenvalue weighted by atomic mass is 35.5. The lowest BCUT2D eigenvalue weighted by Gasteiger charge is -2.01. The van der Waals surface area contributed by atoms with Crippen molar-refractivity contribution in [3.8, 4) is 5.88 Å². The largest absolute Gasteiger partial charge is 0.472 e. The maximum absolute atomic E-state index is 5.83. The first-order valence-electron chi connectivity index (χ1n) is 5.71. The standard InChI is InChI=1S/C13H11ClN4O/c14-10-6-11(15)18-12(16-10)7-13(17-18)19-8-9-4-2-1-3-5-9/h1-7H,8,15H2. The molecule has 0 spiro atoms. The molecular formula is C13H11ClN4O. The van der Waals surface area contributed by atoms with E-state index in [1.807, 2.05) is 30.3 Å². The lowest BCUT2D eigenvalue weighted by molar-refractivity contribution is 0.292. The van der Waals surface area contributed by atoms with Gasteiger partial charge in [0.1, 0.15) is 17.6 Å². The summed E-state index contributed by atoms with van der Waals surface area (Å²) in [5.41, 5.74) is 7.43. The number of benzene rings is 1. The maximum atomic E-state index is 5.83. The summed E-state index contributed by atoms with van der Waals surface area (Å²) in [6, 6.07) is 13.1. The van der Waals surface area contributed by atoms with E-state index in [-0.39, 0.29) is 0 Å². The summed E-state index contributed by atoms with van der Waals surface area (Å²) in [6.45, 7) is 0.443. The molecule has 2 aromatic heterocycles. The van der Waals surface area contributed by atoms with Crippen LogP contribution in [0.15, 0.2) is 42.5 Å². The summed E-state index contributed by atoms with van der Waals surface area (Å²) in [5, 5.41) is 4.55. The number of rotatable bonds is 3. The normalized spacial score (nSPS) is 10.8. The van der Waals surface area contributed by atoms with Crippen LogP contribution in [0.5, 0.6) is 5.88 Å². The zero-order valence-electron chi connectivity index (χ0n) is 9.95. The number of halogens is 1. The highest BCUT2D eigenvalue weighted by Gasteiger charge is 2.07. The van der Waals surface area contributed by atoms with Crippen LogP contribution in [0.25, 0.3) is 5.65 Å². The molecule has 0 aliphatic carbocycles. The van der Waals surface area contributed by atoms with Crippen LogP contribution in [-0.2, 0) is 6.61 Å². The van der Waals surface area contributed by atoms with Gasteiger partial charge in [-0.3, -0.25) is 0 Å². The van der Waals surface area contributed by atoms with Gasteiger partial charge in [0.15, 0.2) is 5.65 Å². The molecule has 0 fully saturated rings. The minimum atomic E-state index is 0.333. The van der Waals surface area contributed by atoms with Crippen molar-refractivity contribution >= 4 is 23.1 Å². The number of anilines is 1. The van der Waals surface area contributed by atoms with Crippen molar-refractivity contribution in [1.82, 2.24) is 14.6 Å². The molecule has 6 heteroatoms. The lowest BCUT2D eigenvalue weighted by Crippen LogP contribution is -2.00. The number of aromatic nitrogens is 3. The van der Waals surface area contributed by atoms with Crippen molar-refractivity contribution in [2.24, 2.45) is 0 Å². The predicted octanol–water partition coefficient (Wildman–Crippen LogP) is 2.54. The van der Waals surface area contributed by atoms with Crippen LogP contribution in [0.1, 0.15) is 5.56 Å². The van der Waals surface area contributed by atoms with Gasteiger partial charge in [-0.15, -0.1) is 5.10 Å². The highest BCUT2D eigenvalue weighted by molar-refractivity contribution is 6.29. The number of hydrogen-bond acceptors (Lipinski definition) is 4. The zero-order valence-corrected chi connectivity index (χ0v) is 10.7.